The summed E-state index contributed by atoms with van der Waals surface area (Å²) in [5.74, 6) is 0. The van der Waals surface area contributed by atoms with Crippen LogP contribution >= 0.6 is 0 Å². The molecule has 2 heterocycles. The summed E-state index contributed by atoms with van der Waals surface area (Å²) in [4.78, 5) is 11.2. The molecule has 19 heavy (non-hydrogen) atoms. The van der Waals surface area contributed by atoms with Gasteiger partial charge in [-0.3, -0.25) is 14.2 Å². The number of nitrogens with zero attached hydrogens (tertiary/aromatic N) is 4. The largest absolute Gasteiger partial charge is 0.298 e. The average molecular weight is 260 g/mol. The minimum atomic E-state index is 0.774. The molecule has 0 N–H and O–H groups in total. The van der Waals surface area contributed by atoms with E-state index in [1.807, 2.05) is 31.0 Å². The van der Waals surface area contributed by atoms with Crippen molar-refractivity contribution in [3.8, 4) is 0 Å². The predicted octanol–water partition coefficient (Wildman–Crippen LogP) is 1.80. The Kier molecular flexibility index (Phi) is 4.14. The molecule has 0 aliphatic rings. The molecule has 5 heteroatoms. The van der Waals surface area contributed by atoms with Crippen LogP contribution in [-0.2, 0) is 32.9 Å². The first-order valence-electron chi connectivity index (χ1n) is 6.70. The van der Waals surface area contributed by atoms with Gasteiger partial charge in [0.25, 0.3) is 0 Å². The van der Waals surface area contributed by atoms with Crippen molar-refractivity contribution in [3.63, 3.8) is 0 Å². The molecule has 0 atom stereocenters. The normalized spacial score (nSPS) is 10.9. The highest BCUT2D eigenvalue weighted by Gasteiger charge is 2.14. The van der Waals surface area contributed by atoms with Crippen molar-refractivity contribution in [2.45, 2.75) is 39.7 Å². The Balaban J connectivity index is 2.19. The van der Waals surface area contributed by atoms with Crippen molar-refractivity contribution in [3.05, 3.63) is 34.9 Å². The van der Waals surface area contributed by atoms with Crippen molar-refractivity contribution >= 4 is 6.29 Å². The van der Waals surface area contributed by atoms with E-state index in [1.54, 1.807) is 4.68 Å². The van der Waals surface area contributed by atoms with Crippen LogP contribution in [0.4, 0.5) is 0 Å². The maximum absolute atomic E-state index is 11.2. The summed E-state index contributed by atoms with van der Waals surface area (Å²) in [6.07, 6.45) is 7.32. The van der Waals surface area contributed by atoms with E-state index in [4.69, 9.17) is 0 Å². The highest BCUT2D eigenvalue weighted by atomic mass is 16.1. The minimum Gasteiger partial charge on any atom is -0.298 e. The molecule has 0 aliphatic heterocycles. The van der Waals surface area contributed by atoms with Crippen LogP contribution in [0.2, 0.25) is 0 Å². The van der Waals surface area contributed by atoms with Crippen molar-refractivity contribution in [2.24, 2.45) is 7.05 Å². The fourth-order valence-electron chi connectivity index (χ4n) is 2.36. The van der Waals surface area contributed by atoms with Gasteiger partial charge in [-0.15, -0.1) is 0 Å². The van der Waals surface area contributed by atoms with Gasteiger partial charge < -0.3 is 0 Å². The molecule has 0 aliphatic carbocycles. The molecular weight excluding hydrogens is 240 g/mol. The van der Waals surface area contributed by atoms with E-state index in [0.717, 1.165) is 49.0 Å². The van der Waals surface area contributed by atoms with E-state index in [9.17, 15) is 4.79 Å². The molecule has 2 aromatic rings. The summed E-state index contributed by atoms with van der Waals surface area (Å²) in [6.45, 7) is 4.87. The fraction of sp³-hybridized carbons (Fsp3) is 0.500. The van der Waals surface area contributed by atoms with Crippen LogP contribution in [0, 0.1) is 0 Å². The molecule has 0 saturated carbocycles. The van der Waals surface area contributed by atoms with E-state index in [0.29, 0.717) is 0 Å². The molecule has 0 bridgehead atoms. The molecule has 102 valence electrons. The van der Waals surface area contributed by atoms with Crippen LogP contribution in [0.25, 0.3) is 0 Å². The molecule has 0 fully saturated rings. The van der Waals surface area contributed by atoms with E-state index >= 15 is 0 Å². The SMILES string of the molecule is CCc1nn(CCc2cnn(C)c2)c(CC)c1C=O. The molecule has 5 nitrogen and oxygen atoms in total. The molecule has 0 unspecified atom stereocenters. The lowest BCUT2D eigenvalue weighted by molar-refractivity contribution is 0.112. The zero-order chi connectivity index (χ0) is 13.8. The molecule has 0 aromatic carbocycles. The third-order valence-electron chi connectivity index (χ3n) is 3.33. The van der Waals surface area contributed by atoms with Crippen LogP contribution in [0.1, 0.15) is 41.2 Å². The second-order valence-electron chi connectivity index (χ2n) is 4.63. The third kappa shape index (κ3) is 2.75. The highest BCUT2D eigenvalue weighted by molar-refractivity contribution is 5.78. The summed E-state index contributed by atoms with van der Waals surface area (Å²) in [5.41, 5.74) is 3.90. The lowest BCUT2D eigenvalue weighted by Crippen LogP contribution is -2.07. The minimum absolute atomic E-state index is 0.774. The Morgan fingerprint density at radius 1 is 1.32 bits per heavy atom. The van der Waals surface area contributed by atoms with Crippen molar-refractivity contribution < 1.29 is 4.79 Å². The Bertz CT molecular complexity index is 568. The van der Waals surface area contributed by atoms with Crippen LogP contribution in [0.3, 0.4) is 0 Å². The molecule has 2 aromatic heterocycles. The van der Waals surface area contributed by atoms with Crippen LogP contribution in [0.5, 0.6) is 0 Å². The molecule has 0 spiro atoms. The van der Waals surface area contributed by atoms with Crippen LogP contribution < -0.4 is 0 Å². The van der Waals surface area contributed by atoms with Crippen molar-refractivity contribution in [2.75, 3.05) is 0 Å². The van der Waals surface area contributed by atoms with Gasteiger partial charge >= 0.3 is 0 Å². The number of aldehydes is 1. The molecule has 2 rings (SSSR count). The van der Waals surface area contributed by atoms with Crippen molar-refractivity contribution in [1.82, 2.24) is 19.6 Å². The number of carbonyl (C=O) groups is 1. The smallest absolute Gasteiger partial charge is 0.153 e. The van der Waals surface area contributed by atoms with Crippen molar-refractivity contribution in [1.29, 1.82) is 0 Å². The Morgan fingerprint density at radius 3 is 2.63 bits per heavy atom. The first kappa shape index (κ1) is 13.5. The van der Waals surface area contributed by atoms with Gasteiger partial charge in [-0.25, -0.2) is 0 Å². The number of hydrogen-bond donors (Lipinski definition) is 0. The Labute approximate surface area is 113 Å². The van der Waals surface area contributed by atoms with E-state index < -0.39 is 0 Å². The second kappa shape index (κ2) is 5.82. The monoisotopic (exact) mass is 260 g/mol. The van der Waals surface area contributed by atoms with Gasteiger partial charge in [0.15, 0.2) is 6.29 Å². The lowest BCUT2D eigenvalue weighted by atomic mass is 10.1. The molecule has 0 saturated heterocycles. The van der Waals surface area contributed by atoms with Gasteiger partial charge in [-0.1, -0.05) is 13.8 Å². The molecular formula is C14H20N4O. The first-order chi connectivity index (χ1) is 9.19. The fourth-order valence-corrected chi connectivity index (χ4v) is 2.36. The van der Waals surface area contributed by atoms with Gasteiger partial charge in [-0.05, 0) is 24.8 Å². The zero-order valence-electron chi connectivity index (χ0n) is 11.8. The number of rotatable bonds is 6. The molecule has 0 radical (unpaired) electrons. The molecule has 0 amide bonds. The number of aromatic nitrogens is 4. The van der Waals surface area contributed by atoms with Gasteiger partial charge in [0.05, 0.1) is 17.5 Å². The van der Waals surface area contributed by atoms with Gasteiger partial charge in [0.2, 0.25) is 0 Å². The van der Waals surface area contributed by atoms with Gasteiger partial charge in [0, 0.05) is 25.5 Å². The predicted molar refractivity (Wildman–Crippen MR) is 73.3 cm³/mol. The summed E-state index contributed by atoms with van der Waals surface area (Å²) in [7, 11) is 1.91. The van der Waals surface area contributed by atoms with E-state index in [2.05, 4.69) is 17.1 Å². The van der Waals surface area contributed by atoms with Crippen LogP contribution in [-0.4, -0.2) is 25.8 Å². The summed E-state index contributed by atoms with van der Waals surface area (Å²) in [5, 5.41) is 8.71. The number of carbonyl (C=O) groups excluding carboxylic acids is 1. The van der Waals surface area contributed by atoms with Crippen LogP contribution in [0.15, 0.2) is 12.4 Å². The summed E-state index contributed by atoms with van der Waals surface area (Å²) >= 11 is 0. The average Bonchev–Trinajstić information content (AvgIpc) is 2.98. The summed E-state index contributed by atoms with van der Waals surface area (Å²) < 4.78 is 3.77. The quantitative estimate of drug-likeness (QED) is 0.744. The number of hydrogen-bond acceptors (Lipinski definition) is 3. The zero-order valence-corrected chi connectivity index (χ0v) is 11.8. The lowest BCUT2D eigenvalue weighted by Gasteiger charge is -2.05. The maximum Gasteiger partial charge on any atom is 0.153 e. The maximum atomic E-state index is 11.2. The van der Waals surface area contributed by atoms with Gasteiger partial charge in [-0.2, -0.15) is 10.2 Å². The van der Waals surface area contributed by atoms with E-state index in [1.165, 1.54) is 5.56 Å². The van der Waals surface area contributed by atoms with Gasteiger partial charge in [0.1, 0.15) is 0 Å². The first-order valence-corrected chi connectivity index (χ1v) is 6.70. The summed E-state index contributed by atoms with van der Waals surface area (Å²) in [6, 6.07) is 0. The topological polar surface area (TPSA) is 52.7 Å². The standard InChI is InChI=1S/C14H20N4O/c1-4-13-12(10-19)14(5-2)18(16-13)7-6-11-8-15-17(3)9-11/h8-10H,4-7H2,1-3H3. The van der Waals surface area contributed by atoms with E-state index in [-0.39, 0.29) is 0 Å². The Morgan fingerprint density at radius 2 is 2.11 bits per heavy atom. The Hall–Kier alpha value is -1.91. The second-order valence-corrected chi connectivity index (χ2v) is 4.63. The third-order valence-corrected chi connectivity index (χ3v) is 3.33. The highest BCUT2D eigenvalue weighted by Crippen LogP contribution is 2.15. The number of aryl methyl sites for hydroxylation is 4.